The number of fused-ring (bicyclic) bond motifs is 1. The van der Waals surface area contributed by atoms with Crippen molar-refractivity contribution in [2.45, 2.75) is 18.9 Å². The first-order chi connectivity index (χ1) is 14.2. The maximum atomic E-state index is 12.3. The fourth-order valence-corrected chi connectivity index (χ4v) is 3.94. The van der Waals surface area contributed by atoms with E-state index >= 15 is 0 Å². The first-order valence-electron chi connectivity index (χ1n) is 9.45. The van der Waals surface area contributed by atoms with Gasteiger partial charge in [-0.1, -0.05) is 18.2 Å². The lowest BCUT2D eigenvalue weighted by atomic mass is 9.91. The molecule has 1 aliphatic rings. The van der Waals surface area contributed by atoms with Gasteiger partial charge in [0.1, 0.15) is 5.75 Å². The summed E-state index contributed by atoms with van der Waals surface area (Å²) in [6.45, 7) is 2.81. The molecule has 0 bridgehead atoms. The number of carbonyl (C=O) groups is 1. The first kappa shape index (κ1) is 18.6. The third kappa shape index (κ3) is 3.32. The van der Waals surface area contributed by atoms with Crippen LogP contribution < -0.4 is 15.0 Å². The fourth-order valence-electron chi connectivity index (χ4n) is 3.94. The molecule has 0 spiro atoms. The molecule has 0 radical (unpaired) electrons. The average Bonchev–Trinajstić information content (AvgIpc) is 3.39. The third-order valence-electron chi connectivity index (χ3n) is 5.24. The highest BCUT2D eigenvalue weighted by molar-refractivity contribution is 6.02. The normalized spacial score (nSPS) is 17.5. The Bertz CT molecular complexity index is 1070. The zero-order valence-corrected chi connectivity index (χ0v) is 16.3. The minimum Gasteiger partial charge on any atom is -0.497 e. The lowest BCUT2D eigenvalue weighted by molar-refractivity contribution is 0.0996. The van der Waals surface area contributed by atoms with E-state index in [0.29, 0.717) is 5.69 Å². The number of benzene rings is 2. The maximum Gasteiger partial charge on any atom is 0.291 e. The van der Waals surface area contributed by atoms with Crippen LogP contribution in [0.15, 0.2) is 65.3 Å². The molecule has 4 rings (SSSR count). The van der Waals surface area contributed by atoms with Gasteiger partial charge >= 0.3 is 0 Å². The summed E-state index contributed by atoms with van der Waals surface area (Å²) >= 11 is 0. The van der Waals surface area contributed by atoms with E-state index in [1.807, 2.05) is 42.5 Å². The number of nitriles is 1. The summed E-state index contributed by atoms with van der Waals surface area (Å²) in [6.07, 6.45) is 1.46. The second kappa shape index (κ2) is 7.72. The van der Waals surface area contributed by atoms with E-state index in [1.165, 1.54) is 6.26 Å². The minimum atomic E-state index is -0.313. The summed E-state index contributed by atoms with van der Waals surface area (Å²) in [5.74, 6) is 0.391. The summed E-state index contributed by atoms with van der Waals surface area (Å²) in [5, 5.41) is 12.8. The van der Waals surface area contributed by atoms with Gasteiger partial charge in [0.2, 0.25) is 0 Å². The molecular weight excluding hydrogens is 366 g/mol. The van der Waals surface area contributed by atoms with Crippen LogP contribution in [0.5, 0.6) is 5.75 Å². The second-order valence-corrected chi connectivity index (χ2v) is 6.82. The van der Waals surface area contributed by atoms with E-state index in [-0.39, 0.29) is 23.6 Å². The van der Waals surface area contributed by atoms with Crippen LogP contribution in [-0.2, 0) is 0 Å². The zero-order chi connectivity index (χ0) is 20.4. The number of nitrogens with zero attached hydrogens (tertiary/aromatic N) is 2. The molecule has 1 N–H and O–H groups in total. The molecule has 146 valence electrons. The Morgan fingerprint density at radius 1 is 1.24 bits per heavy atom. The number of amides is 1. The largest absolute Gasteiger partial charge is 0.497 e. The summed E-state index contributed by atoms with van der Waals surface area (Å²) in [5.41, 5.74) is 3.62. The smallest absolute Gasteiger partial charge is 0.291 e. The van der Waals surface area contributed by atoms with Crippen LogP contribution in [-0.4, -0.2) is 19.6 Å². The van der Waals surface area contributed by atoms with Crippen LogP contribution in [0.4, 0.5) is 11.4 Å². The van der Waals surface area contributed by atoms with Crippen LogP contribution in [0.1, 0.15) is 40.6 Å². The van der Waals surface area contributed by atoms with Gasteiger partial charge in [0, 0.05) is 24.0 Å². The van der Waals surface area contributed by atoms with Crippen molar-refractivity contribution in [1.82, 2.24) is 0 Å². The molecule has 6 heteroatoms. The lowest BCUT2D eigenvalue weighted by Crippen LogP contribution is -2.26. The number of furan rings is 1. The Morgan fingerprint density at radius 3 is 2.79 bits per heavy atom. The number of methoxy groups -OCH3 is 1. The Hall–Kier alpha value is -3.72. The van der Waals surface area contributed by atoms with E-state index in [1.54, 1.807) is 19.2 Å². The molecule has 2 heterocycles. The summed E-state index contributed by atoms with van der Waals surface area (Å²) in [7, 11) is 1.64. The number of hydrogen-bond donors (Lipinski definition) is 1. The second-order valence-electron chi connectivity index (χ2n) is 6.82. The summed E-state index contributed by atoms with van der Waals surface area (Å²) < 4.78 is 10.5. The van der Waals surface area contributed by atoms with Crippen molar-refractivity contribution in [2.24, 2.45) is 0 Å². The number of carbonyl (C=O) groups excluding carboxylic acids is 1. The molecule has 2 atom stereocenters. The van der Waals surface area contributed by atoms with Gasteiger partial charge < -0.3 is 19.4 Å². The number of ether oxygens (including phenoxy) is 1. The van der Waals surface area contributed by atoms with Crippen molar-refractivity contribution in [3.63, 3.8) is 0 Å². The molecule has 1 amide bonds. The van der Waals surface area contributed by atoms with Crippen molar-refractivity contribution < 1.29 is 13.9 Å². The van der Waals surface area contributed by atoms with Crippen molar-refractivity contribution in [3.05, 3.63) is 77.7 Å². The Labute approximate surface area is 169 Å². The summed E-state index contributed by atoms with van der Waals surface area (Å²) in [4.78, 5) is 14.5. The van der Waals surface area contributed by atoms with Crippen LogP contribution >= 0.6 is 0 Å². The standard InChI is InChI=1S/C23H21N3O3/c1-3-26-20-13-17(28-2)9-10-18(20)19(14-24)22(26)15-6-4-7-16(12-15)25-23(27)21-8-5-11-29-21/h4-13,19,22H,3H2,1-2H3,(H,25,27). The van der Waals surface area contributed by atoms with E-state index in [0.717, 1.165) is 29.1 Å². The highest BCUT2D eigenvalue weighted by Gasteiger charge is 2.39. The Morgan fingerprint density at radius 2 is 2.10 bits per heavy atom. The molecule has 6 nitrogen and oxygen atoms in total. The molecule has 1 aromatic heterocycles. The van der Waals surface area contributed by atoms with Crippen LogP contribution in [0, 0.1) is 11.3 Å². The van der Waals surface area contributed by atoms with Gasteiger partial charge in [-0.15, -0.1) is 0 Å². The third-order valence-corrected chi connectivity index (χ3v) is 5.24. The van der Waals surface area contributed by atoms with Crippen LogP contribution in [0.3, 0.4) is 0 Å². The molecular formula is C23H21N3O3. The highest BCUT2D eigenvalue weighted by atomic mass is 16.5. The van der Waals surface area contributed by atoms with Crippen LogP contribution in [0.2, 0.25) is 0 Å². The molecule has 3 aromatic rings. The molecule has 29 heavy (non-hydrogen) atoms. The molecule has 2 unspecified atom stereocenters. The SMILES string of the molecule is CCN1c2cc(OC)ccc2C(C#N)C1c1cccc(NC(=O)c2ccco2)c1. The average molecular weight is 387 g/mol. The maximum absolute atomic E-state index is 12.3. The molecule has 1 aliphatic heterocycles. The lowest BCUT2D eigenvalue weighted by Gasteiger charge is -2.28. The van der Waals surface area contributed by atoms with Gasteiger partial charge in [-0.2, -0.15) is 5.26 Å². The fraction of sp³-hybridized carbons (Fsp3) is 0.217. The predicted octanol–water partition coefficient (Wildman–Crippen LogP) is 4.73. The van der Waals surface area contributed by atoms with Gasteiger partial charge in [-0.3, -0.25) is 4.79 Å². The van der Waals surface area contributed by atoms with E-state index in [9.17, 15) is 10.1 Å². The van der Waals surface area contributed by atoms with Crippen LogP contribution in [0.25, 0.3) is 0 Å². The number of nitrogens with one attached hydrogen (secondary N) is 1. The van der Waals surface area contributed by atoms with Gasteiger partial charge in [0.25, 0.3) is 5.91 Å². The van der Waals surface area contributed by atoms with Gasteiger partial charge in [-0.25, -0.2) is 0 Å². The highest BCUT2D eigenvalue weighted by Crippen LogP contribution is 2.49. The molecule has 0 saturated carbocycles. The molecule has 0 saturated heterocycles. The molecule has 0 fully saturated rings. The molecule has 2 aromatic carbocycles. The van der Waals surface area contributed by atoms with Crippen molar-refractivity contribution in [3.8, 4) is 11.8 Å². The predicted molar refractivity (Wildman–Crippen MR) is 110 cm³/mol. The first-order valence-corrected chi connectivity index (χ1v) is 9.45. The number of likely N-dealkylation sites (N-methyl/N-ethyl adjacent to an activating group) is 1. The van der Waals surface area contributed by atoms with Gasteiger partial charge in [0.15, 0.2) is 5.76 Å². The quantitative estimate of drug-likeness (QED) is 0.685. The monoisotopic (exact) mass is 387 g/mol. The zero-order valence-electron chi connectivity index (χ0n) is 16.3. The van der Waals surface area contributed by atoms with Gasteiger partial charge in [-0.05, 0) is 48.4 Å². The number of anilines is 2. The van der Waals surface area contributed by atoms with Crippen molar-refractivity contribution in [2.75, 3.05) is 23.9 Å². The van der Waals surface area contributed by atoms with Gasteiger partial charge in [0.05, 0.1) is 31.4 Å². The topological polar surface area (TPSA) is 78.5 Å². The number of rotatable bonds is 5. The summed E-state index contributed by atoms with van der Waals surface area (Å²) in [6, 6.07) is 19.1. The van der Waals surface area contributed by atoms with Crippen molar-refractivity contribution in [1.29, 1.82) is 5.26 Å². The molecule has 0 aliphatic carbocycles. The van der Waals surface area contributed by atoms with Crippen molar-refractivity contribution >= 4 is 17.3 Å². The van der Waals surface area contributed by atoms with E-state index in [4.69, 9.17) is 9.15 Å². The van der Waals surface area contributed by atoms with E-state index < -0.39 is 0 Å². The minimum absolute atomic E-state index is 0.146. The Kier molecular flexibility index (Phi) is 4.96. The Balaban J connectivity index is 1.68. The number of hydrogen-bond acceptors (Lipinski definition) is 5. The van der Waals surface area contributed by atoms with E-state index in [2.05, 4.69) is 23.2 Å².